The van der Waals surface area contributed by atoms with Gasteiger partial charge in [-0.15, -0.1) is 0 Å². The first-order chi connectivity index (χ1) is 9.11. The molecule has 2 heterocycles. The van der Waals surface area contributed by atoms with Crippen LogP contribution in [0.25, 0.3) is 0 Å². The summed E-state index contributed by atoms with van der Waals surface area (Å²) in [5.74, 6) is 0.564. The topological polar surface area (TPSA) is 44.7 Å². The minimum Gasteiger partial charge on any atom is -0.389 e. The number of β-amino-alcohol motifs (C(OH)–C–C–N with tert-alkyl or cyclic N) is 1. The number of likely N-dealkylation sites (tertiary alicyclic amines) is 1. The summed E-state index contributed by atoms with van der Waals surface area (Å²) in [5, 5.41) is 13.9. The van der Waals surface area contributed by atoms with Crippen LogP contribution < -0.4 is 5.32 Å². The molecule has 2 aliphatic rings. The van der Waals surface area contributed by atoms with E-state index in [2.05, 4.69) is 17.1 Å². The minimum atomic E-state index is -0.500. The highest BCUT2D eigenvalue weighted by Gasteiger charge is 2.32. The highest BCUT2D eigenvalue weighted by Crippen LogP contribution is 2.23. The number of piperidine rings is 1. The monoisotopic (exact) mass is 270 g/mol. The second kappa shape index (κ2) is 7.02. The smallest absolute Gasteiger partial charge is 0.0746 e. The van der Waals surface area contributed by atoms with Gasteiger partial charge in [-0.25, -0.2) is 0 Å². The Labute approximate surface area is 117 Å². The van der Waals surface area contributed by atoms with Crippen LogP contribution in [-0.4, -0.2) is 61.0 Å². The number of nitrogens with one attached hydrogen (secondary N) is 1. The first kappa shape index (κ1) is 15.2. The van der Waals surface area contributed by atoms with Crippen LogP contribution in [0, 0.1) is 5.92 Å². The molecule has 2 saturated heterocycles. The van der Waals surface area contributed by atoms with Crippen LogP contribution in [0.2, 0.25) is 0 Å². The maximum absolute atomic E-state index is 10.2. The lowest BCUT2D eigenvalue weighted by atomic mass is 9.91. The van der Waals surface area contributed by atoms with Crippen molar-refractivity contribution < 1.29 is 9.84 Å². The van der Waals surface area contributed by atoms with Gasteiger partial charge in [0.05, 0.1) is 12.2 Å². The van der Waals surface area contributed by atoms with Crippen molar-refractivity contribution >= 4 is 0 Å². The first-order valence-corrected chi connectivity index (χ1v) is 7.86. The predicted octanol–water partition coefficient (Wildman–Crippen LogP) is 1.24. The van der Waals surface area contributed by atoms with Crippen LogP contribution >= 0.6 is 0 Å². The van der Waals surface area contributed by atoms with Crippen LogP contribution in [0.3, 0.4) is 0 Å². The molecule has 4 heteroatoms. The van der Waals surface area contributed by atoms with Gasteiger partial charge in [-0.2, -0.15) is 0 Å². The summed E-state index contributed by atoms with van der Waals surface area (Å²) < 4.78 is 5.66. The summed E-state index contributed by atoms with van der Waals surface area (Å²) in [6, 6.07) is 0.584. The van der Waals surface area contributed by atoms with Gasteiger partial charge in [0, 0.05) is 31.7 Å². The largest absolute Gasteiger partial charge is 0.389 e. The third kappa shape index (κ3) is 4.71. The van der Waals surface area contributed by atoms with Gasteiger partial charge in [-0.3, -0.25) is 0 Å². The third-order valence-corrected chi connectivity index (χ3v) is 4.38. The Morgan fingerprint density at radius 1 is 1.47 bits per heavy atom. The van der Waals surface area contributed by atoms with Gasteiger partial charge < -0.3 is 20.1 Å². The molecule has 0 aromatic heterocycles. The van der Waals surface area contributed by atoms with Crippen molar-refractivity contribution in [1.29, 1.82) is 0 Å². The van der Waals surface area contributed by atoms with Crippen LogP contribution in [0.1, 0.15) is 39.5 Å². The number of nitrogens with zero attached hydrogens (tertiary/aromatic N) is 1. The van der Waals surface area contributed by atoms with E-state index < -0.39 is 5.60 Å². The van der Waals surface area contributed by atoms with E-state index in [1.165, 1.54) is 6.42 Å². The average molecular weight is 270 g/mol. The standard InChI is InChI=1S/C15H30N2O2/c1-3-7-16-14-5-9-19-11-13(14)10-17-8-4-6-15(2,18)12-17/h13-14,16,18H,3-12H2,1-2H3. The molecule has 3 unspecified atom stereocenters. The van der Waals surface area contributed by atoms with E-state index in [0.717, 1.165) is 58.7 Å². The summed E-state index contributed by atoms with van der Waals surface area (Å²) in [5.41, 5.74) is -0.500. The van der Waals surface area contributed by atoms with Gasteiger partial charge in [0.1, 0.15) is 0 Å². The number of hydrogen-bond acceptors (Lipinski definition) is 4. The lowest BCUT2D eigenvalue weighted by Gasteiger charge is -2.41. The van der Waals surface area contributed by atoms with Crippen molar-refractivity contribution in [3.05, 3.63) is 0 Å². The molecule has 0 bridgehead atoms. The number of rotatable bonds is 5. The van der Waals surface area contributed by atoms with E-state index in [0.29, 0.717) is 12.0 Å². The fraction of sp³-hybridized carbons (Fsp3) is 1.00. The second-order valence-corrected chi connectivity index (χ2v) is 6.52. The Hall–Kier alpha value is -0.160. The molecule has 0 saturated carbocycles. The quantitative estimate of drug-likeness (QED) is 0.789. The summed E-state index contributed by atoms with van der Waals surface area (Å²) >= 11 is 0. The Bertz CT molecular complexity index is 271. The van der Waals surface area contributed by atoms with Gasteiger partial charge >= 0.3 is 0 Å². The number of hydrogen-bond donors (Lipinski definition) is 2. The van der Waals surface area contributed by atoms with E-state index in [9.17, 15) is 5.11 Å². The van der Waals surface area contributed by atoms with Crippen molar-refractivity contribution in [2.45, 2.75) is 51.2 Å². The van der Waals surface area contributed by atoms with E-state index in [4.69, 9.17) is 4.74 Å². The molecule has 0 aromatic carbocycles. The molecule has 0 aliphatic carbocycles. The zero-order chi connectivity index (χ0) is 13.7. The SMILES string of the molecule is CCCNC1CCOCC1CN1CCCC(C)(O)C1. The molecule has 19 heavy (non-hydrogen) atoms. The molecule has 0 amide bonds. The third-order valence-electron chi connectivity index (χ3n) is 4.38. The lowest BCUT2D eigenvalue weighted by molar-refractivity contribution is -0.0372. The van der Waals surface area contributed by atoms with Crippen molar-refractivity contribution in [3.8, 4) is 0 Å². The molecule has 2 rings (SSSR count). The molecule has 4 nitrogen and oxygen atoms in total. The zero-order valence-electron chi connectivity index (χ0n) is 12.5. The van der Waals surface area contributed by atoms with Crippen molar-refractivity contribution in [3.63, 3.8) is 0 Å². The van der Waals surface area contributed by atoms with Gasteiger partial charge in [0.2, 0.25) is 0 Å². The van der Waals surface area contributed by atoms with Crippen LogP contribution in [0.15, 0.2) is 0 Å². The van der Waals surface area contributed by atoms with Gasteiger partial charge in [0.25, 0.3) is 0 Å². The summed E-state index contributed by atoms with van der Waals surface area (Å²) in [6.45, 7) is 10.00. The molecule has 2 N–H and O–H groups in total. The highest BCUT2D eigenvalue weighted by atomic mass is 16.5. The van der Waals surface area contributed by atoms with E-state index in [1.54, 1.807) is 0 Å². The first-order valence-electron chi connectivity index (χ1n) is 7.86. The van der Waals surface area contributed by atoms with Crippen LogP contribution in [-0.2, 0) is 4.74 Å². The van der Waals surface area contributed by atoms with Gasteiger partial charge in [0.15, 0.2) is 0 Å². The summed E-state index contributed by atoms with van der Waals surface area (Å²) in [4.78, 5) is 2.42. The maximum atomic E-state index is 10.2. The Morgan fingerprint density at radius 3 is 3.05 bits per heavy atom. The maximum Gasteiger partial charge on any atom is 0.0746 e. The molecule has 2 fully saturated rings. The predicted molar refractivity (Wildman–Crippen MR) is 77.3 cm³/mol. The Balaban J connectivity index is 1.84. The van der Waals surface area contributed by atoms with E-state index in [1.807, 2.05) is 6.92 Å². The zero-order valence-corrected chi connectivity index (χ0v) is 12.5. The second-order valence-electron chi connectivity index (χ2n) is 6.52. The average Bonchev–Trinajstić information content (AvgIpc) is 2.36. The molecule has 0 radical (unpaired) electrons. The summed E-state index contributed by atoms with van der Waals surface area (Å²) in [7, 11) is 0. The fourth-order valence-corrected chi connectivity index (χ4v) is 3.39. The minimum absolute atomic E-state index is 0.500. The normalized spacial score (nSPS) is 37.4. The fourth-order valence-electron chi connectivity index (χ4n) is 3.39. The summed E-state index contributed by atoms with van der Waals surface area (Å²) in [6.07, 6.45) is 4.34. The van der Waals surface area contributed by atoms with E-state index in [-0.39, 0.29) is 0 Å². The number of aliphatic hydroxyl groups is 1. The molecular formula is C15H30N2O2. The van der Waals surface area contributed by atoms with Crippen molar-refractivity contribution in [2.24, 2.45) is 5.92 Å². The molecule has 0 aromatic rings. The van der Waals surface area contributed by atoms with Crippen molar-refractivity contribution in [2.75, 3.05) is 39.4 Å². The van der Waals surface area contributed by atoms with Gasteiger partial charge in [-0.05, 0) is 45.7 Å². The Morgan fingerprint density at radius 2 is 2.32 bits per heavy atom. The Kier molecular flexibility index (Phi) is 5.63. The highest BCUT2D eigenvalue weighted by molar-refractivity contribution is 4.87. The lowest BCUT2D eigenvalue weighted by Crippen LogP contribution is -2.52. The molecule has 3 atom stereocenters. The van der Waals surface area contributed by atoms with E-state index >= 15 is 0 Å². The molecule has 2 aliphatic heterocycles. The van der Waals surface area contributed by atoms with Gasteiger partial charge in [-0.1, -0.05) is 6.92 Å². The van der Waals surface area contributed by atoms with Crippen LogP contribution in [0.5, 0.6) is 0 Å². The van der Waals surface area contributed by atoms with Crippen LogP contribution in [0.4, 0.5) is 0 Å². The number of ether oxygens (including phenoxy) is 1. The molecule has 112 valence electrons. The van der Waals surface area contributed by atoms with Crippen molar-refractivity contribution in [1.82, 2.24) is 10.2 Å². The molecular weight excluding hydrogens is 240 g/mol. The molecule has 0 spiro atoms.